The van der Waals surface area contributed by atoms with E-state index in [0.717, 1.165) is 18.0 Å². The molecule has 3 heteroatoms. The third-order valence-corrected chi connectivity index (χ3v) is 3.85. The molecule has 0 aliphatic carbocycles. The molecule has 1 amide bonds. The number of carbonyl (C=O) groups excluding carboxylic acids is 1. The van der Waals surface area contributed by atoms with Crippen LogP contribution in [-0.2, 0) is 6.54 Å². The largest absolute Gasteiger partial charge is 0.347 e. The minimum Gasteiger partial charge on any atom is -0.347 e. The summed E-state index contributed by atoms with van der Waals surface area (Å²) >= 11 is 0. The van der Waals surface area contributed by atoms with Gasteiger partial charge in [-0.3, -0.25) is 9.69 Å². The zero-order valence-corrected chi connectivity index (χ0v) is 13.8. The first-order valence-electron chi connectivity index (χ1n) is 7.97. The van der Waals surface area contributed by atoms with Gasteiger partial charge in [0.1, 0.15) is 0 Å². The van der Waals surface area contributed by atoms with E-state index in [9.17, 15) is 4.79 Å². The van der Waals surface area contributed by atoms with Gasteiger partial charge in [-0.25, -0.2) is 0 Å². The van der Waals surface area contributed by atoms with Crippen LogP contribution in [0.15, 0.2) is 24.3 Å². The minimum absolute atomic E-state index is 0.000597. The summed E-state index contributed by atoms with van der Waals surface area (Å²) in [5.74, 6) is 0.802. The van der Waals surface area contributed by atoms with Gasteiger partial charge in [0.05, 0.1) is 0 Å². The summed E-state index contributed by atoms with van der Waals surface area (Å²) in [6.45, 7) is 11.7. The molecule has 1 atom stereocenters. The van der Waals surface area contributed by atoms with Crippen LogP contribution in [-0.4, -0.2) is 29.4 Å². The molecule has 3 nitrogen and oxygen atoms in total. The number of nitrogens with zero attached hydrogens (tertiary/aromatic N) is 1. The van der Waals surface area contributed by atoms with Gasteiger partial charge >= 0.3 is 0 Å². The van der Waals surface area contributed by atoms with E-state index in [-0.39, 0.29) is 11.4 Å². The van der Waals surface area contributed by atoms with Gasteiger partial charge in [-0.15, -0.1) is 0 Å². The minimum atomic E-state index is -0.195. The first-order valence-corrected chi connectivity index (χ1v) is 7.97. The van der Waals surface area contributed by atoms with Crippen LogP contribution in [0, 0.1) is 5.92 Å². The molecular formula is C18H28N2O. The molecule has 1 N–H and O–H groups in total. The predicted octanol–water partition coefficient (Wildman–Crippen LogP) is 3.45. The van der Waals surface area contributed by atoms with E-state index in [4.69, 9.17) is 0 Å². The van der Waals surface area contributed by atoms with E-state index >= 15 is 0 Å². The molecule has 116 valence electrons. The Morgan fingerprint density at radius 2 is 1.95 bits per heavy atom. The molecule has 2 rings (SSSR count). The van der Waals surface area contributed by atoms with Crippen LogP contribution < -0.4 is 5.32 Å². The monoisotopic (exact) mass is 288 g/mol. The van der Waals surface area contributed by atoms with E-state index in [1.807, 2.05) is 32.9 Å². The van der Waals surface area contributed by atoms with Crippen LogP contribution in [0.3, 0.4) is 0 Å². The Labute approximate surface area is 128 Å². The van der Waals surface area contributed by atoms with Crippen LogP contribution in [0.25, 0.3) is 0 Å². The SMILES string of the molecule is C[C@H]1CCCN(Cc2ccc(C(=O)NC(C)(C)C)cc2)C1. The fourth-order valence-electron chi connectivity index (χ4n) is 2.86. The lowest BCUT2D eigenvalue weighted by molar-refractivity contribution is 0.0919. The fourth-order valence-corrected chi connectivity index (χ4v) is 2.86. The van der Waals surface area contributed by atoms with Crippen molar-refractivity contribution in [1.29, 1.82) is 0 Å². The Balaban J connectivity index is 1.94. The number of hydrogen-bond donors (Lipinski definition) is 1. The summed E-state index contributed by atoms with van der Waals surface area (Å²) in [4.78, 5) is 14.6. The highest BCUT2D eigenvalue weighted by molar-refractivity contribution is 5.94. The van der Waals surface area contributed by atoms with Crippen molar-refractivity contribution in [3.63, 3.8) is 0 Å². The molecule has 0 bridgehead atoms. The zero-order valence-electron chi connectivity index (χ0n) is 13.8. The lowest BCUT2D eigenvalue weighted by Gasteiger charge is -2.30. The van der Waals surface area contributed by atoms with Crippen molar-refractivity contribution in [2.45, 2.75) is 52.6 Å². The molecule has 0 unspecified atom stereocenters. The van der Waals surface area contributed by atoms with Gasteiger partial charge in [-0.2, -0.15) is 0 Å². The number of benzene rings is 1. The quantitative estimate of drug-likeness (QED) is 0.924. The molecule has 1 saturated heterocycles. The molecule has 1 aliphatic rings. The Bertz CT molecular complexity index is 473. The number of likely N-dealkylation sites (tertiary alicyclic amines) is 1. The molecule has 0 radical (unpaired) electrons. The maximum atomic E-state index is 12.1. The molecule has 21 heavy (non-hydrogen) atoms. The lowest BCUT2D eigenvalue weighted by atomic mass is 9.99. The summed E-state index contributed by atoms with van der Waals surface area (Å²) in [6.07, 6.45) is 2.65. The Kier molecular flexibility index (Phi) is 5.04. The van der Waals surface area contributed by atoms with Crippen LogP contribution >= 0.6 is 0 Å². The van der Waals surface area contributed by atoms with E-state index in [2.05, 4.69) is 29.3 Å². The summed E-state index contributed by atoms with van der Waals surface area (Å²) in [7, 11) is 0. The Morgan fingerprint density at radius 3 is 2.52 bits per heavy atom. The molecule has 1 fully saturated rings. The molecule has 0 spiro atoms. The first kappa shape index (κ1) is 16.0. The average Bonchev–Trinajstić information content (AvgIpc) is 2.37. The number of nitrogens with one attached hydrogen (secondary N) is 1. The average molecular weight is 288 g/mol. The Hall–Kier alpha value is -1.35. The van der Waals surface area contributed by atoms with Crippen molar-refractivity contribution in [1.82, 2.24) is 10.2 Å². The zero-order chi connectivity index (χ0) is 15.5. The number of hydrogen-bond acceptors (Lipinski definition) is 2. The van der Waals surface area contributed by atoms with E-state index < -0.39 is 0 Å². The van der Waals surface area contributed by atoms with Crippen molar-refractivity contribution in [2.75, 3.05) is 13.1 Å². The van der Waals surface area contributed by atoms with E-state index in [1.165, 1.54) is 31.5 Å². The maximum Gasteiger partial charge on any atom is 0.251 e. The van der Waals surface area contributed by atoms with Gasteiger partial charge < -0.3 is 5.32 Å². The van der Waals surface area contributed by atoms with Crippen molar-refractivity contribution >= 4 is 5.91 Å². The summed E-state index contributed by atoms with van der Waals surface area (Å²) in [5.41, 5.74) is 1.83. The third kappa shape index (κ3) is 5.16. The second kappa shape index (κ2) is 6.61. The Morgan fingerprint density at radius 1 is 1.29 bits per heavy atom. The van der Waals surface area contributed by atoms with Gasteiger partial charge in [-0.05, 0) is 63.8 Å². The van der Waals surface area contributed by atoms with Crippen molar-refractivity contribution < 1.29 is 4.79 Å². The maximum absolute atomic E-state index is 12.1. The summed E-state index contributed by atoms with van der Waals surface area (Å²) < 4.78 is 0. The number of amides is 1. The topological polar surface area (TPSA) is 32.3 Å². The van der Waals surface area contributed by atoms with Crippen LogP contribution in [0.1, 0.15) is 56.5 Å². The highest BCUT2D eigenvalue weighted by Crippen LogP contribution is 2.18. The molecule has 1 aromatic carbocycles. The smallest absolute Gasteiger partial charge is 0.251 e. The first-order chi connectivity index (χ1) is 9.83. The number of piperidine rings is 1. The summed E-state index contributed by atoms with van der Waals surface area (Å²) in [5, 5.41) is 2.99. The van der Waals surface area contributed by atoms with Gasteiger partial charge in [0, 0.05) is 24.2 Å². The molecule has 0 saturated carbocycles. The van der Waals surface area contributed by atoms with Crippen LogP contribution in [0.2, 0.25) is 0 Å². The van der Waals surface area contributed by atoms with Gasteiger partial charge in [0.15, 0.2) is 0 Å². The van der Waals surface area contributed by atoms with Gasteiger partial charge in [0.25, 0.3) is 5.91 Å². The number of rotatable bonds is 3. The molecule has 1 aliphatic heterocycles. The highest BCUT2D eigenvalue weighted by Gasteiger charge is 2.17. The van der Waals surface area contributed by atoms with E-state index in [1.54, 1.807) is 0 Å². The standard InChI is InChI=1S/C18H28N2O/c1-14-6-5-11-20(12-14)13-15-7-9-16(10-8-15)17(21)19-18(2,3)4/h7-10,14H,5-6,11-13H2,1-4H3,(H,19,21)/t14-/m0/s1. The van der Waals surface area contributed by atoms with Crippen LogP contribution in [0.4, 0.5) is 0 Å². The number of carbonyl (C=O) groups is 1. The molecule has 1 heterocycles. The second-order valence-corrected chi connectivity index (χ2v) is 7.38. The van der Waals surface area contributed by atoms with Crippen molar-refractivity contribution in [3.05, 3.63) is 35.4 Å². The molecular weight excluding hydrogens is 260 g/mol. The predicted molar refractivity (Wildman–Crippen MR) is 87.3 cm³/mol. The van der Waals surface area contributed by atoms with Crippen molar-refractivity contribution in [3.8, 4) is 0 Å². The second-order valence-electron chi connectivity index (χ2n) is 7.38. The molecule has 1 aromatic rings. The lowest BCUT2D eigenvalue weighted by Crippen LogP contribution is -2.40. The van der Waals surface area contributed by atoms with Gasteiger partial charge in [-0.1, -0.05) is 19.1 Å². The fraction of sp³-hybridized carbons (Fsp3) is 0.611. The highest BCUT2D eigenvalue weighted by atomic mass is 16.1. The summed E-state index contributed by atoms with van der Waals surface area (Å²) in [6, 6.07) is 8.03. The third-order valence-electron chi connectivity index (χ3n) is 3.85. The van der Waals surface area contributed by atoms with Crippen molar-refractivity contribution in [2.24, 2.45) is 5.92 Å². The molecule has 0 aromatic heterocycles. The van der Waals surface area contributed by atoms with Gasteiger partial charge in [0.2, 0.25) is 0 Å². The van der Waals surface area contributed by atoms with Crippen LogP contribution in [0.5, 0.6) is 0 Å². The van der Waals surface area contributed by atoms with E-state index in [0.29, 0.717) is 0 Å². The normalized spacial score (nSPS) is 20.3.